The largest absolute Gasteiger partial charge is 0.384 e. The molecule has 2 aromatic rings. The number of benzene rings is 1. The summed E-state index contributed by atoms with van der Waals surface area (Å²) in [5.41, 5.74) is 3.52. The summed E-state index contributed by atoms with van der Waals surface area (Å²) in [5, 5.41) is 6.70. The normalized spacial score (nSPS) is 10.5. The van der Waals surface area contributed by atoms with Crippen molar-refractivity contribution in [3.8, 4) is 0 Å². The lowest BCUT2D eigenvalue weighted by atomic mass is 10.2. The molecule has 0 saturated carbocycles. The molecule has 0 amide bonds. The average molecular weight is 311 g/mol. The maximum absolute atomic E-state index is 4.45. The fourth-order valence-electron chi connectivity index (χ4n) is 1.59. The minimum atomic E-state index is 0.911. The van der Waals surface area contributed by atoms with E-state index in [9.17, 15) is 0 Å². The number of aryl methyl sites for hydroxylation is 2. The smallest absolute Gasteiger partial charge is 0.0945 e. The summed E-state index contributed by atoms with van der Waals surface area (Å²) in [6, 6.07) is 6.34. The van der Waals surface area contributed by atoms with Crippen LogP contribution < -0.4 is 5.32 Å². The van der Waals surface area contributed by atoms with Crippen LogP contribution in [0.5, 0.6) is 0 Å². The predicted octanol–water partition coefficient (Wildman–Crippen LogP) is 4.18. The van der Waals surface area contributed by atoms with Crippen molar-refractivity contribution in [2.24, 2.45) is 0 Å². The lowest BCUT2D eigenvalue weighted by Crippen LogP contribution is -2.05. The van der Waals surface area contributed by atoms with Gasteiger partial charge in [-0.15, -0.1) is 11.3 Å². The lowest BCUT2D eigenvalue weighted by molar-refractivity contribution is 0.986. The van der Waals surface area contributed by atoms with Crippen molar-refractivity contribution in [2.45, 2.75) is 20.3 Å². The molecule has 0 aliphatic rings. The molecule has 17 heavy (non-hydrogen) atoms. The first-order valence-electron chi connectivity index (χ1n) is 5.56. The lowest BCUT2D eigenvalue weighted by Gasteiger charge is -2.08. The van der Waals surface area contributed by atoms with Gasteiger partial charge < -0.3 is 5.32 Å². The molecule has 1 aromatic carbocycles. The Morgan fingerprint density at radius 2 is 2.18 bits per heavy atom. The van der Waals surface area contributed by atoms with Gasteiger partial charge in [0.2, 0.25) is 0 Å². The molecule has 0 aliphatic heterocycles. The van der Waals surface area contributed by atoms with Gasteiger partial charge in [-0.2, -0.15) is 0 Å². The number of anilines is 1. The number of rotatable bonds is 4. The molecule has 0 fully saturated rings. The van der Waals surface area contributed by atoms with Crippen LogP contribution in [-0.4, -0.2) is 11.5 Å². The van der Waals surface area contributed by atoms with Gasteiger partial charge in [-0.1, -0.05) is 6.07 Å². The summed E-state index contributed by atoms with van der Waals surface area (Å²) in [5.74, 6) is 0. The Hall–Kier alpha value is -0.870. The van der Waals surface area contributed by atoms with Gasteiger partial charge in [-0.25, -0.2) is 4.98 Å². The highest BCUT2D eigenvalue weighted by Crippen LogP contribution is 2.23. The molecule has 0 aliphatic carbocycles. The Morgan fingerprint density at radius 1 is 1.35 bits per heavy atom. The Morgan fingerprint density at radius 3 is 2.82 bits per heavy atom. The second kappa shape index (κ2) is 5.65. The third-order valence-electron chi connectivity index (χ3n) is 2.45. The number of nitrogens with zero attached hydrogens (tertiary/aromatic N) is 1. The van der Waals surface area contributed by atoms with Crippen LogP contribution in [0.15, 0.2) is 28.1 Å². The van der Waals surface area contributed by atoms with E-state index in [-0.39, 0.29) is 0 Å². The summed E-state index contributed by atoms with van der Waals surface area (Å²) in [6.07, 6.45) is 0.971. The zero-order valence-corrected chi connectivity index (χ0v) is 12.4. The Balaban J connectivity index is 1.90. The molecule has 0 spiro atoms. The number of nitrogens with one attached hydrogen (secondary N) is 1. The average Bonchev–Trinajstić information content (AvgIpc) is 2.68. The molecule has 0 saturated heterocycles. The minimum Gasteiger partial charge on any atom is -0.384 e. The van der Waals surface area contributed by atoms with Crippen LogP contribution in [0.2, 0.25) is 0 Å². The van der Waals surface area contributed by atoms with Crippen molar-refractivity contribution < 1.29 is 0 Å². The Kier molecular flexibility index (Phi) is 4.18. The first kappa shape index (κ1) is 12.6. The summed E-state index contributed by atoms with van der Waals surface area (Å²) >= 11 is 5.29. The van der Waals surface area contributed by atoms with E-state index in [0.29, 0.717) is 0 Å². The molecule has 0 radical (unpaired) electrons. The van der Waals surface area contributed by atoms with E-state index in [2.05, 4.69) is 56.7 Å². The van der Waals surface area contributed by atoms with Crippen LogP contribution in [0.4, 0.5) is 5.69 Å². The van der Waals surface area contributed by atoms with Gasteiger partial charge in [0.15, 0.2) is 0 Å². The van der Waals surface area contributed by atoms with Gasteiger partial charge in [-0.3, -0.25) is 0 Å². The summed E-state index contributed by atoms with van der Waals surface area (Å²) in [6.45, 7) is 5.03. The molecular weight excluding hydrogens is 296 g/mol. The molecular formula is C13H15BrN2S. The maximum Gasteiger partial charge on any atom is 0.0945 e. The summed E-state index contributed by atoms with van der Waals surface area (Å²) in [4.78, 5) is 4.45. The van der Waals surface area contributed by atoms with Crippen LogP contribution in [0.3, 0.4) is 0 Å². The topological polar surface area (TPSA) is 24.9 Å². The van der Waals surface area contributed by atoms with E-state index in [0.717, 1.165) is 28.8 Å². The number of halogens is 1. The molecule has 0 atom stereocenters. The quantitative estimate of drug-likeness (QED) is 0.916. The Bertz CT molecular complexity index is 508. The monoisotopic (exact) mass is 310 g/mol. The highest BCUT2D eigenvalue weighted by molar-refractivity contribution is 9.10. The second-order valence-electron chi connectivity index (χ2n) is 4.04. The summed E-state index contributed by atoms with van der Waals surface area (Å²) < 4.78 is 1.12. The van der Waals surface area contributed by atoms with Crippen molar-refractivity contribution in [2.75, 3.05) is 11.9 Å². The van der Waals surface area contributed by atoms with Crippen LogP contribution in [0, 0.1) is 13.8 Å². The number of thiazole rings is 1. The molecule has 2 rings (SSSR count). The van der Waals surface area contributed by atoms with E-state index in [1.165, 1.54) is 10.6 Å². The second-order valence-corrected chi connectivity index (χ2v) is 5.84. The predicted molar refractivity (Wildman–Crippen MR) is 77.9 cm³/mol. The third kappa shape index (κ3) is 3.54. The highest BCUT2D eigenvalue weighted by Gasteiger charge is 2.01. The molecule has 90 valence electrons. The van der Waals surface area contributed by atoms with Gasteiger partial charge in [0.25, 0.3) is 0 Å². The van der Waals surface area contributed by atoms with Gasteiger partial charge in [0.1, 0.15) is 0 Å². The van der Waals surface area contributed by atoms with Gasteiger partial charge >= 0.3 is 0 Å². The third-order valence-corrected chi connectivity index (χ3v) is 4.13. The molecule has 0 unspecified atom stereocenters. The molecule has 1 heterocycles. The number of hydrogen-bond acceptors (Lipinski definition) is 3. The van der Waals surface area contributed by atoms with Gasteiger partial charge in [0, 0.05) is 34.2 Å². The van der Waals surface area contributed by atoms with Crippen LogP contribution in [0.1, 0.15) is 16.3 Å². The number of aromatic nitrogens is 1. The zero-order valence-electron chi connectivity index (χ0n) is 9.96. The van der Waals surface area contributed by atoms with Crippen molar-refractivity contribution in [1.82, 2.24) is 4.98 Å². The Labute approximate surface area is 114 Å². The van der Waals surface area contributed by atoms with E-state index in [4.69, 9.17) is 0 Å². The summed E-state index contributed by atoms with van der Waals surface area (Å²) in [7, 11) is 0. The van der Waals surface area contributed by atoms with E-state index in [1.54, 1.807) is 11.3 Å². The van der Waals surface area contributed by atoms with Crippen LogP contribution in [0.25, 0.3) is 0 Å². The van der Waals surface area contributed by atoms with Crippen LogP contribution in [-0.2, 0) is 6.42 Å². The fourth-order valence-corrected chi connectivity index (χ4v) is 2.99. The molecule has 2 nitrogen and oxygen atoms in total. The van der Waals surface area contributed by atoms with Crippen molar-refractivity contribution in [1.29, 1.82) is 0 Å². The van der Waals surface area contributed by atoms with Gasteiger partial charge in [-0.05, 0) is 47.5 Å². The van der Waals surface area contributed by atoms with Crippen LogP contribution >= 0.6 is 27.3 Å². The molecule has 1 N–H and O–H groups in total. The number of hydrogen-bond donors (Lipinski definition) is 1. The molecule has 0 bridgehead atoms. The van der Waals surface area contributed by atoms with Crippen molar-refractivity contribution in [3.05, 3.63) is 44.3 Å². The van der Waals surface area contributed by atoms with Gasteiger partial charge in [0.05, 0.1) is 5.01 Å². The van der Waals surface area contributed by atoms with Crippen molar-refractivity contribution >= 4 is 33.0 Å². The molecule has 1 aromatic heterocycles. The SMILES string of the molecule is Cc1ccc(NCCc2nc(C)cs2)c(Br)c1. The maximum atomic E-state index is 4.45. The highest BCUT2D eigenvalue weighted by atomic mass is 79.9. The molecule has 4 heteroatoms. The first-order chi connectivity index (χ1) is 8.15. The fraction of sp³-hybridized carbons (Fsp3) is 0.308. The first-order valence-corrected chi connectivity index (χ1v) is 7.23. The standard InChI is InChI=1S/C13H15BrN2S/c1-9-3-4-12(11(14)7-9)15-6-5-13-16-10(2)8-17-13/h3-4,7-8,15H,5-6H2,1-2H3. The van der Waals surface area contributed by atoms with Crippen molar-refractivity contribution in [3.63, 3.8) is 0 Å². The zero-order chi connectivity index (χ0) is 12.3. The van der Waals surface area contributed by atoms with E-state index < -0.39 is 0 Å². The minimum absolute atomic E-state index is 0.911. The van der Waals surface area contributed by atoms with E-state index in [1.807, 2.05) is 6.92 Å². The van der Waals surface area contributed by atoms with E-state index >= 15 is 0 Å².